The lowest BCUT2D eigenvalue weighted by Crippen LogP contribution is -2.49. The van der Waals surface area contributed by atoms with E-state index < -0.39 is 12.2 Å². The Balaban J connectivity index is 0.00000272. The smallest absolute Gasteiger partial charge is 0.328 e. The lowest BCUT2D eigenvalue weighted by atomic mass is 10.0. The molecule has 4 rings (SSSR count). The van der Waals surface area contributed by atoms with Crippen LogP contribution in [0, 0.1) is 0 Å². The number of hydrogen-bond donors (Lipinski definition) is 2. The Bertz CT molecular complexity index is 818. The van der Waals surface area contributed by atoms with Gasteiger partial charge in [-0.2, -0.15) is 0 Å². The number of anilines is 1. The van der Waals surface area contributed by atoms with E-state index in [1.54, 1.807) is 29.2 Å². The number of halogens is 2. The highest BCUT2D eigenvalue weighted by Gasteiger charge is 2.31. The Kier molecular flexibility index (Phi) is 7.85. The summed E-state index contributed by atoms with van der Waals surface area (Å²) in [6.07, 6.45) is 0.881. The molecule has 2 N–H and O–H groups in total. The van der Waals surface area contributed by atoms with Gasteiger partial charge in [-0.05, 0) is 44.0 Å². The summed E-state index contributed by atoms with van der Waals surface area (Å²) in [5.74, 6) is -0.397. The molecular formula is C21H28ClFN4O4. The Morgan fingerprint density at radius 1 is 1.13 bits per heavy atom. The first kappa shape index (κ1) is 23.4. The number of carbonyl (C=O) groups excluding carboxylic acids is 3. The van der Waals surface area contributed by atoms with Crippen LogP contribution in [-0.4, -0.2) is 73.8 Å². The summed E-state index contributed by atoms with van der Waals surface area (Å²) in [6, 6.07) is 6.42. The van der Waals surface area contributed by atoms with Gasteiger partial charge in [-0.3, -0.25) is 19.8 Å². The van der Waals surface area contributed by atoms with Crippen LogP contribution in [0.4, 0.5) is 14.9 Å². The van der Waals surface area contributed by atoms with E-state index in [2.05, 4.69) is 10.6 Å². The van der Waals surface area contributed by atoms with Gasteiger partial charge in [0.15, 0.2) is 0 Å². The van der Waals surface area contributed by atoms with Gasteiger partial charge in [-0.25, -0.2) is 9.18 Å². The van der Waals surface area contributed by atoms with E-state index in [0.717, 1.165) is 6.54 Å². The van der Waals surface area contributed by atoms with Crippen molar-refractivity contribution in [3.8, 4) is 0 Å². The van der Waals surface area contributed by atoms with Crippen molar-refractivity contribution >= 4 is 35.9 Å². The third kappa shape index (κ3) is 5.53. The van der Waals surface area contributed by atoms with E-state index in [1.807, 2.05) is 0 Å². The average Bonchev–Trinajstić information content (AvgIpc) is 2.75. The van der Waals surface area contributed by atoms with Gasteiger partial charge in [0.2, 0.25) is 5.91 Å². The number of imide groups is 1. The second kappa shape index (κ2) is 10.4. The van der Waals surface area contributed by atoms with Crippen molar-refractivity contribution in [2.75, 3.05) is 37.6 Å². The minimum absolute atomic E-state index is 0. The number of carbonyl (C=O) groups is 3. The van der Waals surface area contributed by atoms with E-state index in [0.29, 0.717) is 50.1 Å². The second-order valence-electron chi connectivity index (χ2n) is 7.98. The van der Waals surface area contributed by atoms with Gasteiger partial charge in [0, 0.05) is 43.9 Å². The predicted molar refractivity (Wildman–Crippen MR) is 115 cm³/mol. The minimum atomic E-state index is -0.983. The first-order valence-corrected chi connectivity index (χ1v) is 10.5. The van der Waals surface area contributed by atoms with Gasteiger partial charge in [0.25, 0.3) is 5.91 Å². The molecule has 0 saturated carbocycles. The fraction of sp³-hybridized carbons (Fsp3) is 0.571. The third-order valence-electron chi connectivity index (χ3n) is 5.90. The van der Waals surface area contributed by atoms with Crippen LogP contribution in [0.25, 0.3) is 0 Å². The Labute approximate surface area is 186 Å². The van der Waals surface area contributed by atoms with Gasteiger partial charge in [0.1, 0.15) is 6.17 Å². The highest BCUT2D eigenvalue weighted by Crippen LogP contribution is 2.23. The molecule has 10 heteroatoms. The van der Waals surface area contributed by atoms with Crippen LogP contribution in [0.2, 0.25) is 0 Å². The molecule has 0 aliphatic carbocycles. The van der Waals surface area contributed by atoms with Gasteiger partial charge in [-0.1, -0.05) is 6.07 Å². The number of nitrogens with one attached hydrogen (secondary N) is 2. The van der Waals surface area contributed by atoms with Crippen molar-refractivity contribution < 1.29 is 23.5 Å². The maximum Gasteiger partial charge on any atom is 0.328 e. The van der Waals surface area contributed by atoms with Gasteiger partial charge >= 0.3 is 6.03 Å². The molecule has 1 aromatic carbocycles. The van der Waals surface area contributed by atoms with Crippen molar-refractivity contribution in [2.45, 2.75) is 44.1 Å². The summed E-state index contributed by atoms with van der Waals surface area (Å²) in [6.45, 7) is 2.49. The maximum absolute atomic E-state index is 14.0. The van der Waals surface area contributed by atoms with E-state index in [9.17, 15) is 18.8 Å². The van der Waals surface area contributed by atoms with E-state index >= 15 is 0 Å². The standard InChI is InChI=1S/C21H27FN4O4.ClH/c22-17-13-23-8-4-18(17)30-16-5-9-25(10-6-16)20(28)14-2-1-3-15(12-14)26-11-7-19(27)24-21(26)29;/h1-3,12,16-18,23H,4-11,13H2,(H,24,27,29);1H/t17-,18-;/m1./s1. The summed E-state index contributed by atoms with van der Waals surface area (Å²) in [5, 5.41) is 5.31. The molecule has 3 fully saturated rings. The van der Waals surface area contributed by atoms with Crippen molar-refractivity contribution in [3.05, 3.63) is 29.8 Å². The zero-order chi connectivity index (χ0) is 21.1. The monoisotopic (exact) mass is 454 g/mol. The number of ether oxygens (including phenoxy) is 1. The number of likely N-dealkylation sites (tertiary alicyclic amines) is 1. The molecule has 0 unspecified atom stereocenters. The molecule has 0 radical (unpaired) electrons. The first-order valence-electron chi connectivity index (χ1n) is 10.5. The van der Waals surface area contributed by atoms with Crippen LogP contribution >= 0.6 is 12.4 Å². The Hall–Kier alpha value is -2.23. The molecule has 3 aliphatic rings. The van der Waals surface area contributed by atoms with Gasteiger partial charge < -0.3 is 15.0 Å². The van der Waals surface area contributed by atoms with Crippen LogP contribution in [0.1, 0.15) is 36.0 Å². The number of amides is 4. The summed E-state index contributed by atoms with van der Waals surface area (Å²) in [4.78, 5) is 39.6. The number of urea groups is 1. The normalized spacial score (nSPS) is 25.1. The van der Waals surface area contributed by atoms with Crippen molar-refractivity contribution in [1.82, 2.24) is 15.5 Å². The van der Waals surface area contributed by atoms with Crippen molar-refractivity contribution in [3.63, 3.8) is 0 Å². The molecule has 1 aromatic rings. The Morgan fingerprint density at radius 2 is 1.90 bits per heavy atom. The number of piperidine rings is 2. The fourth-order valence-corrected chi connectivity index (χ4v) is 4.19. The van der Waals surface area contributed by atoms with E-state index in [-0.39, 0.29) is 49.4 Å². The van der Waals surface area contributed by atoms with Crippen molar-refractivity contribution in [1.29, 1.82) is 0 Å². The molecule has 0 bridgehead atoms. The molecule has 8 nitrogen and oxygen atoms in total. The van der Waals surface area contributed by atoms with E-state index in [1.165, 1.54) is 4.90 Å². The van der Waals surface area contributed by atoms with Crippen LogP contribution in [0.15, 0.2) is 24.3 Å². The Morgan fingerprint density at radius 3 is 2.61 bits per heavy atom. The molecule has 170 valence electrons. The predicted octanol–water partition coefficient (Wildman–Crippen LogP) is 1.88. The molecule has 4 amide bonds. The van der Waals surface area contributed by atoms with Crippen LogP contribution in [0.3, 0.4) is 0 Å². The molecule has 0 spiro atoms. The largest absolute Gasteiger partial charge is 0.372 e. The third-order valence-corrected chi connectivity index (χ3v) is 5.90. The van der Waals surface area contributed by atoms with Gasteiger partial charge in [-0.15, -0.1) is 12.4 Å². The lowest BCUT2D eigenvalue weighted by molar-refractivity contribution is -0.120. The lowest BCUT2D eigenvalue weighted by Gasteiger charge is -2.36. The van der Waals surface area contributed by atoms with Crippen molar-refractivity contribution in [2.24, 2.45) is 0 Å². The van der Waals surface area contributed by atoms with Gasteiger partial charge in [0.05, 0.1) is 12.2 Å². The summed E-state index contributed by atoms with van der Waals surface area (Å²) in [7, 11) is 0. The SMILES string of the molecule is Cl.O=C1CCN(c2cccc(C(=O)N3CCC(O[C@@H]4CCNC[C@H]4F)CC3)c2)C(=O)N1. The number of hydrogen-bond acceptors (Lipinski definition) is 5. The molecule has 0 aromatic heterocycles. The second-order valence-corrected chi connectivity index (χ2v) is 7.98. The molecule has 31 heavy (non-hydrogen) atoms. The van der Waals surface area contributed by atoms with Crippen LogP contribution < -0.4 is 15.5 Å². The number of rotatable bonds is 4. The zero-order valence-corrected chi connectivity index (χ0v) is 18.0. The van der Waals surface area contributed by atoms with E-state index in [4.69, 9.17) is 4.74 Å². The zero-order valence-electron chi connectivity index (χ0n) is 17.2. The van der Waals surface area contributed by atoms with Crippen LogP contribution in [0.5, 0.6) is 0 Å². The first-order chi connectivity index (χ1) is 14.5. The molecule has 3 heterocycles. The van der Waals surface area contributed by atoms with Crippen LogP contribution in [-0.2, 0) is 9.53 Å². The maximum atomic E-state index is 14.0. The highest BCUT2D eigenvalue weighted by atomic mass is 35.5. The molecule has 2 atom stereocenters. The fourth-order valence-electron chi connectivity index (χ4n) is 4.19. The minimum Gasteiger partial charge on any atom is -0.372 e. The summed E-state index contributed by atoms with van der Waals surface area (Å²) >= 11 is 0. The molecule has 3 saturated heterocycles. The highest BCUT2D eigenvalue weighted by molar-refractivity contribution is 6.06. The summed E-state index contributed by atoms with van der Waals surface area (Å²) < 4.78 is 19.9. The number of alkyl halides is 1. The molecule has 3 aliphatic heterocycles. The number of benzene rings is 1. The number of nitrogens with zero attached hydrogens (tertiary/aromatic N) is 2. The quantitative estimate of drug-likeness (QED) is 0.724. The molecular weight excluding hydrogens is 427 g/mol. The topological polar surface area (TPSA) is 91.0 Å². The summed E-state index contributed by atoms with van der Waals surface area (Å²) in [5.41, 5.74) is 1.09. The average molecular weight is 455 g/mol.